The van der Waals surface area contributed by atoms with Gasteiger partial charge in [0.25, 0.3) is 0 Å². The SMILES string of the molecule is O=S(O)OP(=O)(O)OCCCNC1CCCCC1. The fourth-order valence-corrected chi connectivity index (χ4v) is 3.14. The summed E-state index contributed by atoms with van der Waals surface area (Å²) in [6, 6.07) is 0.529. The van der Waals surface area contributed by atoms with Crippen molar-refractivity contribution in [3.05, 3.63) is 0 Å². The third kappa shape index (κ3) is 7.58. The third-order valence-electron chi connectivity index (χ3n) is 2.77. The van der Waals surface area contributed by atoms with Crippen molar-refractivity contribution < 1.29 is 26.7 Å². The van der Waals surface area contributed by atoms with E-state index in [0.717, 1.165) is 0 Å². The van der Waals surface area contributed by atoms with Crippen LogP contribution in [-0.2, 0) is 24.4 Å². The summed E-state index contributed by atoms with van der Waals surface area (Å²) in [6.45, 7) is 0.692. The predicted molar refractivity (Wildman–Crippen MR) is 67.1 cm³/mol. The Balaban J connectivity index is 2.03. The maximum absolute atomic E-state index is 11.0. The number of phosphoric acid groups is 1. The van der Waals surface area contributed by atoms with E-state index in [9.17, 15) is 8.77 Å². The Morgan fingerprint density at radius 3 is 2.61 bits per heavy atom. The zero-order valence-electron chi connectivity index (χ0n) is 10.1. The van der Waals surface area contributed by atoms with Crippen LogP contribution in [0.1, 0.15) is 38.5 Å². The standard InChI is InChI=1S/C9H20NO6PS/c11-17(12,16-18(13)14)15-8-4-7-10-9-5-2-1-3-6-9/h9-10H,1-8H2,(H,11,12)(H,13,14). The molecule has 7 nitrogen and oxygen atoms in total. The molecule has 1 aliphatic carbocycles. The first kappa shape index (κ1) is 16.2. The molecule has 2 atom stereocenters. The molecule has 108 valence electrons. The number of hydrogen-bond donors (Lipinski definition) is 3. The lowest BCUT2D eigenvalue weighted by Gasteiger charge is -2.22. The molecule has 0 spiro atoms. The summed E-state index contributed by atoms with van der Waals surface area (Å²) in [6.07, 6.45) is 6.68. The molecule has 0 heterocycles. The fourth-order valence-electron chi connectivity index (χ4n) is 1.97. The molecule has 0 aromatic rings. The summed E-state index contributed by atoms with van der Waals surface area (Å²) in [5.74, 6) is 0. The minimum absolute atomic E-state index is 0.00466. The zero-order valence-corrected chi connectivity index (χ0v) is 11.8. The lowest BCUT2D eigenvalue weighted by atomic mass is 9.95. The van der Waals surface area contributed by atoms with E-state index in [2.05, 4.69) is 13.8 Å². The van der Waals surface area contributed by atoms with E-state index in [-0.39, 0.29) is 6.61 Å². The smallest absolute Gasteiger partial charge is 0.314 e. The van der Waals surface area contributed by atoms with Crippen LogP contribution in [0.2, 0.25) is 0 Å². The van der Waals surface area contributed by atoms with Gasteiger partial charge in [0.2, 0.25) is 0 Å². The maximum Gasteiger partial charge on any atom is 0.487 e. The van der Waals surface area contributed by atoms with Crippen LogP contribution in [0.15, 0.2) is 0 Å². The number of hydrogen-bond acceptors (Lipinski definition) is 5. The minimum Gasteiger partial charge on any atom is -0.314 e. The van der Waals surface area contributed by atoms with Gasteiger partial charge in [-0.2, -0.15) is 8.18 Å². The van der Waals surface area contributed by atoms with Crippen LogP contribution in [0.3, 0.4) is 0 Å². The van der Waals surface area contributed by atoms with E-state index in [1.165, 1.54) is 32.1 Å². The third-order valence-corrected chi connectivity index (χ3v) is 4.54. The monoisotopic (exact) mass is 301 g/mol. The normalized spacial score (nSPS) is 22.6. The molecule has 18 heavy (non-hydrogen) atoms. The molecular weight excluding hydrogens is 281 g/mol. The highest BCUT2D eigenvalue weighted by atomic mass is 32.2. The highest BCUT2D eigenvalue weighted by molar-refractivity contribution is 7.79. The Kier molecular flexibility index (Phi) is 7.55. The van der Waals surface area contributed by atoms with Gasteiger partial charge >= 0.3 is 19.2 Å². The number of rotatable bonds is 8. The van der Waals surface area contributed by atoms with Gasteiger partial charge in [0, 0.05) is 6.04 Å². The summed E-state index contributed by atoms with van der Waals surface area (Å²) < 4.78 is 37.8. The lowest BCUT2D eigenvalue weighted by molar-refractivity contribution is 0.200. The zero-order chi connectivity index (χ0) is 13.4. The van der Waals surface area contributed by atoms with Crippen LogP contribution in [0.25, 0.3) is 0 Å². The molecule has 0 aromatic carbocycles. The molecule has 9 heteroatoms. The van der Waals surface area contributed by atoms with Crippen molar-refractivity contribution in [3.8, 4) is 0 Å². The molecule has 0 aromatic heterocycles. The summed E-state index contributed by atoms with van der Waals surface area (Å²) in [4.78, 5) is 8.97. The van der Waals surface area contributed by atoms with Gasteiger partial charge in [-0.25, -0.2) is 4.57 Å². The van der Waals surface area contributed by atoms with Gasteiger partial charge in [-0.1, -0.05) is 19.3 Å². The van der Waals surface area contributed by atoms with Crippen molar-refractivity contribution in [1.82, 2.24) is 5.32 Å². The first-order valence-corrected chi connectivity index (χ1v) is 8.54. The van der Waals surface area contributed by atoms with Gasteiger partial charge in [-0.15, -0.1) is 0 Å². The van der Waals surface area contributed by atoms with Crippen molar-refractivity contribution in [1.29, 1.82) is 0 Å². The molecular formula is C9H20NO6PS. The Bertz CT molecular complexity index is 309. The minimum atomic E-state index is -4.40. The predicted octanol–water partition coefficient (Wildman–Crippen LogP) is 1.57. The van der Waals surface area contributed by atoms with Crippen molar-refractivity contribution in [2.75, 3.05) is 13.2 Å². The summed E-state index contributed by atoms with van der Waals surface area (Å²) in [5.41, 5.74) is 0. The van der Waals surface area contributed by atoms with E-state index in [4.69, 9.17) is 9.45 Å². The van der Waals surface area contributed by atoms with Crippen LogP contribution in [0, 0.1) is 0 Å². The Morgan fingerprint density at radius 1 is 1.33 bits per heavy atom. The Morgan fingerprint density at radius 2 is 2.00 bits per heavy atom. The Hall–Kier alpha value is 0.180. The molecule has 0 bridgehead atoms. The first-order valence-electron chi connectivity index (χ1n) is 6.01. The fraction of sp³-hybridized carbons (Fsp3) is 1.00. The second-order valence-electron chi connectivity index (χ2n) is 4.24. The topological polar surface area (TPSA) is 105 Å². The highest BCUT2D eigenvalue weighted by Gasteiger charge is 2.24. The van der Waals surface area contributed by atoms with Gasteiger partial charge in [-0.3, -0.25) is 9.08 Å². The van der Waals surface area contributed by atoms with E-state index in [0.29, 0.717) is 19.0 Å². The van der Waals surface area contributed by atoms with Crippen molar-refractivity contribution in [3.63, 3.8) is 0 Å². The number of phosphoric ester groups is 1. The summed E-state index contributed by atoms with van der Waals surface area (Å²) in [7, 11) is -4.40. The van der Waals surface area contributed by atoms with Crippen LogP contribution < -0.4 is 5.32 Å². The highest BCUT2D eigenvalue weighted by Crippen LogP contribution is 2.43. The summed E-state index contributed by atoms with van der Waals surface area (Å²) in [5, 5.41) is 3.35. The largest absolute Gasteiger partial charge is 0.487 e. The second-order valence-corrected chi connectivity index (χ2v) is 6.46. The van der Waals surface area contributed by atoms with E-state index in [1.807, 2.05) is 0 Å². The van der Waals surface area contributed by atoms with E-state index < -0.39 is 19.2 Å². The van der Waals surface area contributed by atoms with Gasteiger partial charge in [0.15, 0.2) is 0 Å². The summed E-state index contributed by atoms with van der Waals surface area (Å²) >= 11 is -2.80. The molecule has 1 rings (SSSR count). The first-order chi connectivity index (χ1) is 8.49. The maximum atomic E-state index is 11.0. The molecule has 0 amide bonds. The quantitative estimate of drug-likeness (QED) is 0.355. The lowest BCUT2D eigenvalue weighted by Crippen LogP contribution is -2.32. The molecule has 2 unspecified atom stereocenters. The van der Waals surface area contributed by atoms with Crippen LogP contribution in [0.5, 0.6) is 0 Å². The molecule has 3 N–H and O–H groups in total. The molecule has 0 aliphatic heterocycles. The molecule has 0 saturated heterocycles. The van der Waals surface area contributed by atoms with Crippen LogP contribution in [0.4, 0.5) is 0 Å². The second kappa shape index (κ2) is 8.37. The Labute approximate surface area is 109 Å². The van der Waals surface area contributed by atoms with E-state index in [1.54, 1.807) is 0 Å². The molecule has 1 fully saturated rings. The van der Waals surface area contributed by atoms with Gasteiger partial charge in [-0.05, 0) is 25.8 Å². The van der Waals surface area contributed by atoms with Crippen LogP contribution in [-0.4, -0.2) is 32.8 Å². The van der Waals surface area contributed by atoms with Crippen molar-refractivity contribution in [2.24, 2.45) is 0 Å². The molecule has 1 saturated carbocycles. The van der Waals surface area contributed by atoms with Gasteiger partial charge in [0.1, 0.15) is 0 Å². The average Bonchev–Trinajstić information content (AvgIpc) is 2.28. The average molecular weight is 301 g/mol. The van der Waals surface area contributed by atoms with Crippen molar-refractivity contribution >= 4 is 19.2 Å². The van der Waals surface area contributed by atoms with Crippen LogP contribution >= 0.6 is 7.82 Å². The van der Waals surface area contributed by atoms with E-state index >= 15 is 0 Å². The van der Waals surface area contributed by atoms with Crippen molar-refractivity contribution in [2.45, 2.75) is 44.6 Å². The molecule has 0 radical (unpaired) electrons. The molecule has 1 aliphatic rings. The number of nitrogens with one attached hydrogen (secondary N) is 1. The van der Waals surface area contributed by atoms with Gasteiger partial charge in [0.05, 0.1) is 6.61 Å². The van der Waals surface area contributed by atoms with Gasteiger partial charge < -0.3 is 10.2 Å².